The third kappa shape index (κ3) is 6.76. The van der Waals surface area contributed by atoms with Crippen LogP contribution in [0.3, 0.4) is 0 Å². The first kappa shape index (κ1) is 17.5. The summed E-state index contributed by atoms with van der Waals surface area (Å²) in [7, 11) is 1.70. The van der Waals surface area contributed by atoms with Crippen molar-refractivity contribution in [3.63, 3.8) is 0 Å². The van der Waals surface area contributed by atoms with Crippen LogP contribution in [0.15, 0.2) is 22.7 Å². The zero-order valence-corrected chi connectivity index (χ0v) is 14.8. The normalized spacial score (nSPS) is 12.7. The first-order valence-corrected chi connectivity index (χ1v) is 8.35. The molecule has 3 heteroatoms. The van der Waals surface area contributed by atoms with Crippen molar-refractivity contribution in [3.8, 4) is 5.75 Å². The number of rotatable bonds is 9. The van der Waals surface area contributed by atoms with Gasteiger partial charge >= 0.3 is 0 Å². The maximum Gasteiger partial charge on any atom is 0.120 e. The summed E-state index contributed by atoms with van der Waals surface area (Å²) in [5.74, 6) is 2.40. The molecule has 1 atom stereocenters. The Kier molecular flexibility index (Phi) is 8.24. The van der Waals surface area contributed by atoms with Crippen molar-refractivity contribution in [2.24, 2.45) is 11.8 Å². The fourth-order valence-electron chi connectivity index (χ4n) is 2.14. The van der Waals surface area contributed by atoms with Crippen LogP contribution in [0.5, 0.6) is 5.75 Å². The van der Waals surface area contributed by atoms with E-state index in [1.54, 1.807) is 7.11 Å². The molecule has 0 aliphatic carbocycles. The van der Waals surface area contributed by atoms with E-state index in [9.17, 15) is 0 Å². The van der Waals surface area contributed by atoms with Gasteiger partial charge in [0.05, 0.1) is 7.11 Å². The van der Waals surface area contributed by atoms with Crippen molar-refractivity contribution in [3.05, 3.63) is 28.2 Å². The van der Waals surface area contributed by atoms with Gasteiger partial charge < -0.3 is 10.1 Å². The zero-order chi connectivity index (χ0) is 15.0. The predicted octanol–water partition coefficient (Wildman–Crippen LogP) is 4.66. The molecule has 0 amide bonds. The fraction of sp³-hybridized carbons (Fsp3) is 0.647. The first-order chi connectivity index (χ1) is 9.52. The Labute approximate surface area is 132 Å². The quantitative estimate of drug-likeness (QED) is 0.659. The van der Waals surface area contributed by atoms with E-state index < -0.39 is 0 Å². The lowest BCUT2D eigenvalue weighted by atomic mass is 9.98. The van der Waals surface area contributed by atoms with Crippen molar-refractivity contribution < 1.29 is 4.74 Å². The molecule has 2 nitrogen and oxygen atoms in total. The van der Waals surface area contributed by atoms with E-state index in [4.69, 9.17) is 4.74 Å². The molecule has 1 N–H and O–H groups in total. The number of nitrogens with one attached hydrogen (secondary N) is 1. The van der Waals surface area contributed by atoms with Gasteiger partial charge in [0.25, 0.3) is 0 Å². The second-order valence-electron chi connectivity index (χ2n) is 5.99. The third-order valence-electron chi connectivity index (χ3n) is 3.53. The SMILES string of the molecule is COc1ccc(CCC(C)CCNCC(C)C)c(Br)c1. The molecule has 0 aliphatic rings. The van der Waals surface area contributed by atoms with Gasteiger partial charge in [0.2, 0.25) is 0 Å². The van der Waals surface area contributed by atoms with Crippen molar-refractivity contribution in [1.82, 2.24) is 5.32 Å². The molecule has 114 valence electrons. The van der Waals surface area contributed by atoms with E-state index in [-0.39, 0.29) is 0 Å². The minimum absolute atomic E-state index is 0.737. The van der Waals surface area contributed by atoms with Crippen LogP contribution in [0.1, 0.15) is 39.2 Å². The Hall–Kier alpha value is -0.540. The number of ether oxygens (including phenoxy) is 1. The van der Waals surface area contributed by atoms with E-state index in [1.807, 2.05) is 12.1 Å². The van der Waals surface area contributed by atoms with Crippen LogP contribution in [0, 0.1) is 11.8 Å². The summed E-state index contributed by atoms with van der Waals surface area (Å²) < 4.78 is 6.38. The van der Waals surface area contributed by atoms with Gasteiger partial charge in [-0.3, -0.25) is 0 Å². The van der Waals surface area contributed by atoms with Crippen molar-refractivity contribution in [2.45, 2.75) is 40.0 Å². The lowest BCUT2D eigenvalue weighted by Crippen LogP contribution is -2.22. The average Bonchev–Trinajstić information content (AvgIpc) is 2.42. The molecule has 0 fully saturated rings. The molecule has 1 aromatic carbocycles. The van der Waals surface area contributed by atoms with E-state index in [2.05, 4.69) is 48.1 Å². The molecule has 1 aromatic rings. The molecule has 0 saturated heterocycles. The number of aryl methyl sites for hydroxylation is 1. The van der Waals surface area contributed by atoms with Crippen LogP contribution in [-0.2, 0) is 6.42 Å². The second-order valence-corrected chi connectivity index (χ2v) is 6.84. The van der Waals surface area contributed by atoms with Crippen molar-refractivity contribution in [2.75, 3.05) is 20.2 Å². The lowest BCUT2D eigenvalue weighted by Gasteiger charge is -2.14. The molecule has 0 spiro atoms. The molecule has 0 aliphatic heterocycles. The first-order valence-electron chi connectivity index (χ1n) is 7.56. The number of benzene rings is 1. The van der Waals surface area contributed by atoms with Crippen LogP contribution in [0.2, 0.25) is 0 Å². The van der Waals surface area contributed by atoms with Crippen LogP contribution >= 0.6 is 15.9 Å². The second kappa shape index (κ2) is 9.41. The lowest BCUT2D eigenvalue weighted by molar-refractivity contribution is 0.414. The maximum absolute atomic E-state index is 5.22. The number of halogens is 1. The maximum atomic E-state index is 5.22. The van der Waals surface area contributed by atoms with E-state index in [1.165, 1.54) is 18.4 Å². The summed E-state index contributed by atoms with van der Waals surface area (Å²) in [6.45, 7) is 9.09. The van der Waals surface area contributed by atoms with Gasteiger partial charge in [0.15, 0.2) is 0 Å². The third-order valence-corrected chi connectivity index (χ3v) is 4.27. The molecule has 0 aromatic heterocycles. The Morgan fingerprint density at radius 1 is 1.20 bits per heavy atom. The summed E-state index contributed by atoms with van der Waals surface area (Å²) >= 11 is 3.63. The van der Waals surface area contributed by atoms with Gasteiger partial charge in [-0.2, -0.15) is 0 Å². The van der Waals surface area contributed by atoms with Gasteiger partial charge in [-0.1, -0.05) is 42.8 Å². The summed E-state index contributed by atoms with van der Waals surface area (Å²) in [5.41, 5.74) is 1.37. The summed E-state index contributed by atoms with van der Waals surface area (Å²) in [6.07, 6.45) is 3.60. The highest BCUT2D eigenvalue weighted by Crippen LogP contribution is 2.25. The average molecular weight is 342 g/mol. The van der Waals surface area contributed by atoms with Crippen molar-refractivity contribution >= 4 is 15.9 Å². The fourth-order valence-corrected chi connectivity index (χ4v) is 2.70. The molecule has 0 bridgehead atoms. The standard InChI is InChI=1S/C17H28BrNO/c1-13(2)12-19-10-9-14(3)5-6-15-7-8-16(20-4)11-17(15)18/h7-8,11,13-14,19H,5-6,9-10,12H2,1-4H3. The Balaban J connectivity index is 2.28. The Morgan fingerprint density at radius 3 is 2.55 bits per heavy atom. The largest absolute Gasteiger partial charge is 0.497 e. The van der Waals surface area contributed by atoms with Crippen LogP contribution < -0.4 is 10.1 Å². The topological polar surface area (TPSA) is 21.3 Å². The highest BCUT2D eigenvalue weighted by atomic mass is 79.9. The van der Waals surface area contributed by atoms with Crippen LogP contribution in [-0.4, -0.2) is 20.2 Å². The molecular formula is C17H28BrNO. The zero-order valence-electron chi connectivity index (χ0n) is 13.2. The van der Waals surface area contributed by atoms with E-state index in [0.717, 1.165) is 41.6 Å². The Bertz CT molecular complexity index is 393. The van der Waals surface area contributed by atoms with E-state index >= 15 is 0 Å². The molecule has 0 heterocycles. The summed E-state index contributed by atoms with van der Waals surface area (Å²) in [4.78, 5) is 0. The number of methoxy groups -OCH3 is 1. The highest BCUT2D eigenvalue weighted by Gasteiger charge is 2.06. The van der Waals surface area contributed by atoms with Gasteiger partial charge in [-0.25, -0.2) is 0 Å². The Morgan fingerprint density at radius 2 is 1.95 bits per heavy atom. The molecule has 1 unspecified atom stereocenters. The molecule has 0 saturated carbocycles. The molecular weight excluding hydrogens is 314 g/mol. The smallest absolute Gasteiger partial charge is 0.120 e. The molecule has 20 heavy (non-hydrogen) atoms. The van der Waals surface area contributed by atoms with Gasteiger partial charge in [0.1, 0.15) is 5.75 Å². The number of hydrogen-bond donors (Lipinski definition) is 1. The molecule has 1 rings (SSSR count). The van der Waals surface area contributed by atoms with Crippen LogP contribution in [0.25, 0.3) is 0 Å². The van der Waals surface area contributed by atoms with Crippen LogP contribution in [0.4, 0.5) is 0 Å². The van der Waals surface area contributed by atoms with Gasteiger partial charge in [-0.15, -0.1) is 0 Å². The van der Waals surface area contributed by atoms with E-state index in [0.29, 0.717) is 0 Å². The predicted molar refractivity (Wildman–Crippen MR) is 90.5 cm³/mol. The minimum Gasteiger partial charge on any atom is -0.497 e. The minimum atomic E-state index is 0.737. The van der Waals surface area contributed by atoms with Gasteiger partial charge in [0, 0.05) is 4.47 Å². The summed E-state index contributed by atoms with van der Waals surface area (Å²) in [6, 6.07) is 6.24. The van der Waals surface area contributed by atoms with Gasteiger partial charge in [-0.05, 0) is 61.9 Å². The van der Waals surface area contributed by atoms with Crippen molar-refractivity contribution in [1.29, 1.82) is 0 Å². The summed E-state index contributed by atoms with van der Waals surface area (Å²) in [5, 5.41) is 3.51. The molecule has 0 radical (unpaired) electrons. The number of hydrogen-bond acceptors (Lipinski definition) is 2. The monoisotopic (exact) mass is 341 g/mol. The highest BCUT2D eigenvalue weighted by molar-refractivity contribution is 9.10.